The van der Waals surface area contributed by atoms with Gasteiger partial charge in [0.05, 0.1) is 6.54 Å². The zero-order valence-electron chi connectivity index (χ0n) is 14.0. The number of nitrogens with two attached hydrogens (primary N) is 1. The molecule has 0 unspecified atom stereocenters. The maximum atomic E-state index is 13.0. The quantitative estimate of drug-likeness (QED) is 0.818. The second kappa shape index (κ2) is 10.00. The Morgan fingerprint density at radius 3 is 2.50 bits per heavy atom. The second-order valence-corrected chi connectivity index (χ2v) is 5.23. The number of carbonyl (C=O) groups is 1. The summed E-state index contributed by atoms with van der Waals surface area (Å²) in [5.41, 5.74) is 5.56. The molecule has 0 heterocycles. The molecule has 126 valence electrons. The van der Waals surface area contributed by atoms with Gasteiger partial charge >= 0.3 is 6.09 Å². The highest BCUT2D eigenvalue weighted by atomic mass is 19.1. The molecule has 0 fully saturated rings. The van der Waals surface area contributed by atoms with E-state index >= 15 is 0 Å². The Balaban J connectivity index is 0.00000211. The van der Waals surface area contributed by atoms with Crippen molar-refractivity contribution in [2.45, 2.75) is 46.8 Å². The lowest BCUT2D eigenvalue weighted by atomic mass is 10.2. The largest absolute Gasteiger partial charge is 0.491 e. The molecule has 5 nitrogen and oxygen atoms in total. The summed E-state index contributed by atoms with van der Waals surface area (Å²) in [6.45, 7) is 10.1. The first kappa shape index (κ1) is 20.2. The first-order chi connectivity index (χ1) is 10.3. The molecule has 0 aliphatic heterocycles. The van der Waals surface area contributed by atoms with Crippen molar-refractivity contribution in [1.82, 2.24) is 5.32 Å². The van der Waals surface area contributed by atoms with Crippen LogP contribution in [-0.2, 0) is 11.3 Å². The van der Waals surface area contributed by atoms with E-state index in [-0.39, 0.29) is 25.5 Å². The van der Waals surface area contributed by atoms with Gasteiger partial charge in [-0.1, -0.05) is 13.8 Å². The van der Waals surface area contributed by atoms with Crippen molar-refractivity contribution in [3.63, 3.8) is 0 Å². The number of hydrogen-bond acceptors (Lipinski definition) is 4. The van der Waals surface area contributed by atoms with Crippen molar-refractivity contribution >= 4 is 6.09 Å². The molecule has 0 aliphatic rings. The molecular formula is C16H27FN2O3. The van der Waals surface area contributed by atoms with Crippen LogP contribution in [0.5, 0.6) is 5.75 Å². The van der Waals surface area contributed by atoms with Gasteiger partial charge in [0.1, 0.15) is 23.8 Å². The number of nitrogens with one attached hydrogen (secondary N) is 1. The Bertz CT molecular complexity index is 459. The van der Waals surface area contributed by atoms with E-state index in [1.807, 2.05) is 13.8 Å². The molecule has 1 aromatic carbocycles. The number of rotatable bonds is 5. The monoisotopic (exact) mass is 314 g/mol. The minimum Gasteiger partial charge on any atom is -0.491 e. The molecule has 1 rings (SSSR count). The van der Waals surface area contributed by atoms with Crippen LogP contribution < -0.4 is 15.8 Å². The fourth-order valence-electron chi connectivity index (χ4n) is 1.48. The standard InChI is InChI=1S/C14H21FN2O3.C2H6/c1-14(2,3)20-13(18)17-6-7-19-12-5-4-11(15)8-10(12)9-16;1-2/h4-5,8H,6-7,9,16H2,1-3H3,(H,17,18);1-2H3. The second-order valence-electron chi connectivity index (χ2n) is 5.23. The molecule has 0 aromatic heterocycles. The van der Waals surface area contributed by atoms with Gasteiger partial charge in [0.2, 0.25) is 0 Å². The molecule has 1 aromatic rings. The third-order valence-corrected chi connectivity index (χ3v) is 2.27. The van der Waals surface area contributed by atoms with E-state index in [0.29, 0.717) is 11.3 Å². The van der Waals surface area contributed by atoms with E-state index in [1.165, 1.54) is 18.2 Å². The van der Waals surface area contributed by atoms with Crippen molar-refractivity contribution in [2.75, 3.05) is 13.2 Å². The van der Waals surface area contributed by atoms with Gasteiger partial charge < -0.3 is 20.5 Å². The van der Waals surface area contributed by atoms with E-state index in [2.05, 4.69) is 5.32 Å². The maximum Gasteiger partial charge on any atom is 0.407 e. The van der Waals surface area contributed by atoms with Crippen LogP contribution in [0.2, 0.25) is 0 Å². The van der Waals surface area contributed by atoms with Crippen LogP contribution in [0.25, 0.3) is 0 Å². The summed E-state index contributed by atoms with van der Waals surface area (Å²) in [6.07, 6.45) is -0.501. The Labute approximate surface area is 132 Å². The number of alkyl carbamates (subject to hydrolysis) is 1. The Kier molecular flexibility index (Phi) is 9.17. The molecule has 22 heavy (non-hydrogen) atoms. The fourth-order valence-corrected chi connectivity index (χ4v) is 1.48. The average molecular weight is 314 g/mol. The van der Waals surface area contributed by atoms with Crippen LogP contribution in [0.4, 0.5) is 9.18 Å². The molecule has 1 amide bonds. The van der Waals surface area contributed by atoms with Gasteiger partial charge in [-0.3, -0.25) is 0 Å². The third kappa shape index (κ3) is 8.46. The van der Waals surface area contributed by atoms with E-state index < -0.39 is 11.7 Å². The van der Waals surface area contributed by atoms with Gasteiger partial charge in [-0.15, -0.1) is 0 Å². The van der Waals surface area contributed by atoms with Crippen LogP contribution >= 0.6 is 0 Å². The van der Waals surface area contributed by atoms with Gasteiger partial charge in [-0.25, -0.2) is 9.18 Å². The molecule has 0 atom stereocenters. The van der Waals surface area contributed by atoms with E-state index in [1.54, 1.807) is 20.8 Å². The van der Waals surface area contributed by atoms with E-state index in [9.17, 15) is 9.18 Å². The minimum atomic E-state index is -0.533. The maximum absolute atomic E-state index is 13.0. The van der Waals surface area contributed by atoms with Crippen molar-refractivity contribution in [2.24, 2.45) is 5.73 Å². The zero-order valence-corrected chi connectivity index (χ0v) is 14.0. The number of halogens is 1. The Morgan fingerprint density at radius 2 is 1.95 bits per heavy atom. The van der Waals surface area contributed by atoms with Crippen LogP contribution in [0, 0.1) is 5.82 Å². The van der Waals surface area contributed by atoms with Crippen LogP contribution in [0.3, 0.4) is 0 Å². The number of benzene rings is 1. The predicted molar refractivity (Wildman–Crippen MR) is 85.4 cm³/mol. The van der Waals surface area contributed by atoms with Crippen LogP contribution in [-0.4, -0.2) is 24.8 Å². The average Bonchev–Trinajstić information content (AvgIpc) is 2.45. The van der Waals surface area contributed by atoms with E-state index in [4.69, 9.17) is 15.2 Å². The molecule has 0 aliphatic carbocycles. The lowest BCUT2D eigenvalue weighted by Crippen LogP contribution is -2.34. The van der Waals surface area contributed by atoms with Gasteiger partial charge in [-0.2, -0.15) is 0 Å². The topological polar surface area (TPSA) is 73.6 Å². The molecule has 0 spiro atoms. The van der Waals surface area contributed by atoms with Gasteiger partial charge in [0, 0.05) is 12.1 Å². The molecule has 0 bridgehead atoms. The Morgan fingerprint density at radius 1 is 1.32 bits per heavy atom. The van der Waals surface area contributed by atoms with Crippen molar-refractivity contribution in [1.29, 1.82) is 0 Å². The molecular weight excluding hydrogens is 287 g/mol. The SMILES string of the molecule is CC.CC(C)(C)OC(=O)NCCOc1ccc(F)cc1CN. The molecule has 3 N–H and O–H groups in total. The summed E-state index contributed by atoms with van der Waals surface area (Å²) in [5.74, 6) is 0.157. The summed E-state index contributed by atoms with van der Waals surface area (Å²) < 4.78 is 23.5. The normalized spacial score (nSPS) is 10.3. The van der Waals surface area contributed by atoms with Crippen LogP contribution in [0.15, 0.2) is 18.2 Å². The van der Waals surface area contributed by atoms with Gasteiger partial charge in [0.15, 0.2) is 0 Å². The van der Waals surface area contributed by atoms with E-state index in [0.717, 1.165) is 0 Å². The smallest absolute Gasteiger partial charge is 0.407 e. The number of amides is 1. The molecule has 0 radical (unpaired) electrons. The summed E-state index contributed by atoms with van der Waals surface area (Å²) in [4.78, 5) is 11.4. The highest BCUT2D eigenvalue weighted by Gasteiger charge is 2.15. The summed E-state index contributed by atoms with van der Waals surface area (Å²) in [6, 6.07) is 4.15. The highest BCUT2D eigenvalue weighted by molar-refractivity contribution is 5.67. The lowest BCUT2D eigenvalue weighted by Gasteiger charge is -2.19. The predicted octanol–water partition coefficient (Wildman–Crippen LogP) is 3.21. The first-order valence-electron chi connectivity index (χ1n) is 7.40. The van der Waals surface area contributed by atoms with Crippen molar-refractivity contribution in [3.05, 3.63) is 29.6 Å². The summed E-state index contributed by atoms with van der Waals surface area (Å²) >= 11 is 0. The number of hydrogen-bond donors (Lipinski definition) is 2. The van der Waals surface area contributed by atoms with Crippen molar-refractivity contribution < 1.29 is 18.7 Å². The summed E-state index contributed by atoms with van der Waals surface area (Å²) in [5, 5.41) is 2.57. The lowest BCUT2D eigenvalue weighted by molar-refractivity contribution is 0.0520. The first-order valence-corrected chi connectivity index (χ1v) is 7.40. The van der Waals surface area contributed by atoms with Crippen molar-refractivity contribution in [3.8, 4) is 5.75 Å². The zero-order chi connectivity index (χ0) is 17.2. The Hall–Kier alpha value is -1.82. The third-order valence-electron chi connectivity index (χ3n) is 2.27. The van der Waals surface area contributed by atoms with Crippen LogP contribution in [0.1, 0.15) is 40.2 Å². The minimum absolute atomic E-state index is 0.187. The fraction of sp³-hybridized carbons (Fsp3) is 0.562. The summed E-state index contributed by atoms with van der Waals surface area (Å²) in [7, 11) is 0. The highest BCUT2D eigenvalue weighted by Crippen LogP contribution is 2.18. The molecule has 0 saturated carbocycles. The number of carbonyl (C=O) groups excluding carboxylic acids is 1. The number of ether oxygens (including phenoxy) is 2. The van der Waals surface area contributed by atoms with Gasteiger partial charge in [0.25, 0.3) is 0 Å². The van der Waals surface area contributed by atoms with Gasteiger partial charge in [-0.05, 0) is 39.0 Å². The molecule has 0 saturated heterocycles. The molecule has 6 heteroatoms.